The molecular weight excluding hydrogens is 398 g/mol. The molecule has 156 valence electrons. The Morgan fingerprint density at radius 2 is 1.90 bits per heavy atom. The standard InChI is InChI=1S/C22H19F4N3O/c23-18-2-1-9-27-19(18)13-29-21-17-12-15(5-8-20(17)30-11-10-28-21)14-3-6-16(7-4-14)22(24,25)26/h1-9,17H,10-13H2,(H,28,29). The molecule has 0 saturated heterocycles. The lowest BCUT2D eigenvalue weighted by molar-refractivity contribution is -0.137. The molecule has 1 atom stereocenters. The highest BCUT2D eigenvalue weighted by Crippen LogP contribution is 2.35. The number of rotatable bonds is 3. The molecule has 1 aromatic heterocycles. The summed E-state index contributed by atoms with van der Waals surface area (Å²) >= 11 is 0. The van der Waals surface area contributed by atoms with Crippen molar-refractivity contribution in [2.45, 2.75) is 19.1 Å². The van der Waals surface area contributed by atoms with E-state index in [1.807, 2.05) is 12.2 Å². The van der Waals surface area contributed by atoms with Gasteiger partial charge in [0.1, 0.15) is 24.0 Å². The van der Waals surface area contributed by atoms with E-state index in [0.717, 1.165) is 23.5 Å². The Kier molecular flexibility index (Phi) is 5.57. The molecule has 0 radical (unpaired) electrons. The number of allylic oxidation sites excluding steroid dienone is 3. The first-order valence-corrected chi connectivity index (χ1v) is 9.50. The van der Waals surface area contributed by atoms with Crippen molar-refractivity contribution in [1.82, 2.24) is 10.3 Å². The van der Waals surface area contributed by atoms with Gasteiger partial charge in [-0.2, -0.15) is 13.2 Å². The Bertz CT molecular complexity index is 1010. The quantitative estimate of drug-likeness (QED) is 0.734. The number of hydrogen-bond donors (Lipinski definition) is 1. The molecule has 0 amide bonds. The molecule has 1 aliphatic carbocycles. The predicted octanol–water partition coefficient (Wildman–Crippen LogP) is 4.75. The SMILES string of the molecule is Fc1cccnc1CNC1=NCCOC2=CC=C(c3ccc(C(F)(F)F)cc3)CC21. The first kappa shape index (κ1) is 20.1. The van der Waals surface area contributed by atoms with E-state index in [1.54, 1.807) is 0 Å². The molecule has 1 unspecified atom stereocenters. The number of benzene rings is 1. The van der Waals surface area contributed by atoms with Crippen molar-refractivity contribution in [3.63, 3.8) is 0 Å². The van der Waals surface area contributed by atoms with Gasteiger partial charge in [-0.25, -0.2) is 4.39 Å². The molecule has 0 bridgehead atoms. The monoisotopic (exact) mass is 417 g/mol. The Hall–Kier alpha value is -3.16. The fourth-order valence-electron chi connectivity index (χ4n) is 3.50. The van der Waals surface area contributed by atoms with Gasteiger partial charge in [-0.3, -0.25) is 9.98 Å². The molecule has 1 N–H and O–H groups in total. The van der Waals surface area contributed by atoms with Gasteiger partial charge in [-0.15, -0.1) is 0 Å². The second-order valence-corrected chi connectivity index (χ2v) is 6.99. The summed E-state index contributed by atoms with van der Waals surface area (Å²) in [5.41, 5.74) is 1.18. The van der Waals surface area contributed by atoms with E-state index in [4.69, 9.17) is 4.74 Å². The Labute approximate surface area is 171 Å². The largest absolute Gasteiger partial charge is 0.495 e. The highest BCUT2D eigenvalue weighted by Gasteiger charge is 2.31. The minimum atomic E-state index is -4.37. The van der Waals surface area contributed by atoms with Crippen molar-refractivity contribution in [2.24, 2.45) is 10.9 Å². The molecule has 2 aromatic rings. The highest BCUT2D eigenvalue weighted by atomic mass is 19.4. The lowest BCUT2D eigenvalue weighted by Crippen LogP contribution is -2.33. The molecule has 1 aliphatic heterocycles. The van der Waals surface area contributed by atoms with E-state index in [1.165, 1.54) is 30.5 Å². The van der Waals surface area contributed by atoms with Crippen molar-refractivity contribution in [3.8, 4) is 0 Å². The second kappa shape index (κ2) is 8.30. The average molecular weight is 417 g/mol. The van der Waals surface area contributed by atoms with Gasteiger partial charge in [-0.1, -0.05) is 18.2 Å². The number of nitrogens with zero attached hydrogens (tertiary/aromatic N) is 2. The Morgan fingerprint density at radius 3 is 2.63 bits per heavy atom. The molecule has 8 heteroatoms. The number of amidine groups is 1. The first-order valence-electron chi connectivity index (χ1n) is 9.50. The summed E-state index contributed by atoms with van der Waals surface area (Å²) in [5, 5.41) is 3.17. The van der Waals surface area contributed by atoms with Gasteiger partial charge < -0.3 is 10.1 Å². The number of ether oxygens (including phenoxy) is 1. The van der Waals surface area contributed by atoms with Crippen LogP contribution in [0.25, 0.3) is 5.57 Å². The van der Waals surface area contributed by atoms with Crippen LogP contribution in [0.1, 0.15) is 23.2 Å². The van der Waals surface area contributed by atoms with E-state index in [2.05, 4.69) is 15.3 Å². The van der Waals surface area contributed by atoms with E-state index in [9.17, 15) is 17.6 Å². The number of alkyl halides is 3. The van der Waals surface area contributed by atoms with Crippen LogP contribution in [0.3, 0.4) is 0 Å². The summed E-state index contributed by atoms with van der Waals surface area (Å²) in [4.78, 5) is 8.58. The van der Waals surface area contributed by atoms with Crippen molar-refractivity contribution in [3.05, 3.63) is 83.1 Å². The van der Waals surface area contributed by atoms with Crippen LogP contribution in [-0.4, -0.2) is 24.0 Å². The number of halogens is 4. The van der Waals surface area contributed by atoms with E-state index in [-0.39, 0.29) is 18.2 Å². The molecule has 30 heavy (non-hydrogen) atoms. The van der Waals surface area contributed by atoms with E-state index < -0.39 is 17.6 Å². The van der Waals surface area contributed by atoms with E-state index in [0.29, 0.717) is 31.0 Å². The number of hydrogen-bond acceptors (Lipinski definition) is 4. The summed E-state index contributed by atoms with van der Waals surface area (Å²) in [5.74, 6) is 0.763. The van der Waals surface area contributed by atoms with Crippen LogP contribution in [0.5, 0.6) is 0 Å². The molecular formula is C22H19F4N3O. The van der Waals surface area contributed by atoms with Crippen molar-refractivity contribution in [1.29, 1.82) is 0 Å². The van der Waals surface area contributed by atoms with Gasteiger partial charge in [0.05, 0.1) is 30.3 Å². The maximum atomic E-state index is 13.9. The van der Waals surface area contributed by atoms with E-state index >= 15 is 0 Å². The van der Waals surface area contributed by atoms with Crippen molar-refractivity contribution >= 4 is 11.4 Å². The number of pyridine rings is 1. The Morgan fingerprint density at radius 1 is 1.10 bits per heavy atom. The summed E-state index contributed by atoms with van der Waals surface area (Å²) in [6.07, 6.45) is 1.34. The number of aromatic nitrogens is 1. The predicted molar refractivity (Wildman–Crippen MR) is 105 cm³/mol. The van der Waals surface area contributed by atoms with Crippen LogP contribution in [0.4, 0.5) is 17.6 Å². The van der Waals surface area contributed by atoms with Crippen LogP contribution >= 0.6 is 0 Å². The zero-order valence-electron chi connectivity index (χ0n) is 15.9. The molecule has 0 saturated carbocycles. The molecule has 0 fully saturated rings. The van der Waals surface area contributed by atoms with Gasteiger partial charge in [0.15, 0.2) is 0 Å². The summed E-state index contributed by atoms with van der Waals surface area (Å²) in [6.45, 7) is 1.06. The molecule has 0 spiro atoms. The third-order valence-corrected chi connectivity index (χ3v) is 5.04. The minimum Gasteiger partial charge on any atom is -0.495 e. The molecule has 4 rings (SSSR count). The van der Waals surface area contributed by atoms with Crippen LogP contribution in [0.15, 0.2) is 65.5 Å². The third-order valence-electron chi connectivity index (χ3n) is 5.04. The van der Waals surface area contributed by atoms with Gasteiger partial charge >= 0.3 is 6.18 Å². The van der Waals surface area contributed by atoms with Crippen molar-refractivity contribution < 1.29 is 22.3 Å². The summed E-state index contributed by atoms with van der Waals surface area (Å²) < 4.78 is 58.2. The lowest BCUT2D eigenvalue weighted by atomic mass is 9.87. The first-order chi connectivity index (χ1) is 14.4. The number of nitrogens with one attached hydrogen (secondary N) is 1. The van der Waals surface area contributed by atoms with Crippen LogP contribution in [0, 0.1) is 11.7 Å². The number of fused-ring (bicyclic) bond motifs is 1. The minimum absolute atomic E-state index is 0.175. The van der Waals surface area contributed by atoms with Gasteiger partial charge in [0.25, 0.3) is 0 Å². The fourth-order valence-corrected chi connectivity index (χ4v) is 3.50. The Balaban J connectivity index is 1.53. The highest BCUT2D eigenvalue weighted by molar-refractivity contribution is 5.90. The van der Waals surface area contributed by atoms with Crippen LogP contribution in [0.2, 0.25) is 0 Å². The third kappa shape index (κ3) is 4.37. The van der Waals surface area contributed by atoms with Gasteiger partial charge in [0, 0.05) is 6.20 Å². The zero-order chi connectivity index (χ0) is 21.1. The van der Waals surface area contributed by atoms with Gasteiger partial charge in [0.2, 0.25) is 0 Å². The molecule has 2 heterocycles. The maximum Gasteiger partial charge on any atom is 0.416 e. The smallest absolute Gasteiger partial charge is 0.416 e. The number of aliphatic imine (C=N–C) groups is 1. The fraction of sp³-hybridized carbons (Fsp3) is 0.273. The molecule has 2 aliphatic rings. The van der Waals surface area contributed by atoms with Gasteiger partial charge in [-0.05, 0) is 47.9 Å². The summed E-state index contributed by atoms with van der Waals surface area (Å²) in [6, 6.07) is 7.97. The van der Waals surface area contributed by atoms with Crippen LogP contribution < -0.4 is 5.32 Å². The van der Waals surface area contributed by atoms with Crippen molar-refractivity contribution in [2.75, 3.05) is 13.2 Å². The normalized spacial score (nSPS) is 18.9. The second-order valence-electron chi connectivity index (χ2n) is 6.99. The molecule has 4 nitrogen and oxygen atoms in total. The topological polar surface area (TPSA) is 46.5 Å². The summed E-state index contributed by atoms with van der Waals surface area (Å²) in [7, 11) is 0. The molecule has 1 aromatic carbocycles. The lowest BCUT2D eigenvalue weighted by Gasteiger charge is -2.25. The average Bonchev–Trinajstić information content (AvgIpc) is 2.94. The maximum absolute atomic E-state index is 13.9. The van der Waals surface area contributed by atoms with Crippen LogP contribution in [-0.2, 0) is 17.5 Å². The zero-order valence-corrected chi connectivity index (χ0v) is 15.9.